The molecule has 4 heteroatoms. The number of alkyl halides is 1. The number of fused-ring (bicyclic) bond motifs is 3. The lowest BCUT2D eigenvalue weighted by molar-refractivity contribution is 0.191. The highest BCUT2D eigenvalue weighted by atomic mass is 127. The van der Waals surface area contributed by atoms with E-state index >= 15 is 0 Å². The molecule has 0 N–H and O–H groups in total. The predicted octanol–water partition coefficient (Wildman–Crippen LogP) is 3.01. The molecule has 0 saturated heterocycles. The molecule has 0 aliphatic carbocycles. The van der Waals surface area contributed by atoms with Gasteiger partial charge in [-0.2, -0.15) is 0 Å². The second kappa shape index (κ2) is 4.23. The highest BCUT2D eigenvalue weighted by Gasteiger charge is 2.44. The number of aryl methyl sites for hydroxylation is 1. The maximum absolute atomic E-state index is 12.5. The minimum absolute atomic E-state index is 0.0332. The zero-order valence-electron chi connectivity index (χ0n) is 11.2. The molecule has 0 radical (unpaired) electrons. The van der Waals surface area contributed by atoms with Crippen molar-refractivity contribution < 1.29 is 4.74 Å². The molecule has 0 bridgehead atoms. The molecule has 2 heterocycles. The van der Waals surface area contributed by atoms with E-state index in [0.29, 0.717) is 5.75 Å². The lowest BCUT2D eigenvalue weighted by Crippen LogP contribution is -2.33. The number of hydrogen-bond donors (Lipinski definition) is 0. The minimum atomic E-state index is -0.135. The Morgan fingerprint density at radius 1 is 1.37 bits per heavy atom. The first-order chi connectivity index (χ1) is 8.98. The zero-order valence-corrected chi connectivity index (χ0v) is 13.4. The van der Waals surface area contributed by atoms with Crippen molar-refractivity contribution in [3.63, 3.8) is 0 Å². The Morgan fingerprint density at radius 2 is 2.05 bits per heavy atom. The Bertz CT molecular complexity index is 718. The van der Waals surface area contributed by atoms with Crippen molar-refractivity contribution in [1.82, 2.24) is 4.57 Å². The average molecular weight is 369 g/mol. The van der Waals surface area contributed by atoms with Crippen molar-refractivity contribution in [2.24, 2.45) is 7.05 Å². The number of halogens is 1. The van der Waals surface area contributed by atoms with Crippen molar-refractivity contribution in [2.45, 2.75) is 25.4 Å². The number of hydrogen-bond acceptors (Lipinski definition) is 2. The van der Waals surface area contributed by atoms with Crippen LogP contribution in [0.2, 0.25) is 0 Å². The van der Waals surface area contributed by atoms with E-state index in [9.17, 15) is 4.79 Å². The summed E-state index contributed by atoms with van der Waals surface area (Å²) in [5.74, 6) is 0.535. The molecule has 0 amide bonds. The topological polar surface area (TPSA) is 31.2 Å². The summed E-state index contributed by atoms with van der Waals surface area (Å²) in [5, 5.41) is 1.12. The fraction of sp³-hybridized carbons (Fsp3) is 0.400. The van der Waals surface area contributed by atoms with Crippen LogP contribution in [0.3, 0.4) is 0 Å². The SMILES string of the molecule is Cn1c(=O)c2c(c3ccccc31)C(C)(C)C(CI)O2. The molecule has 1 aliphatic rings. The third kappa shape index (κ3) is 1.65. The Morgan fingerprint density at radius 3 is 2.74 bits per heavy atom. The number of benzene rings is 1. The summed E-state index contributed by atoms with van der Waals surface area (Å²) in [7, 11) is 1.80. The van der Waals surface area contributed by atoms with Crippen LogP contribution < -0.4 is 10.3 Å². The summed E-state index contributed by atoms with van der Waals surface area (Å²) in [6.45, 7) is 4.32. The van der Waals surface area contributed by atoms with E-state index in [2.05, 4.69) is 42.5 Å². The lowest BCUT2D eigenvalue weighted by atomic mass is 9.80. The fourth-order valence-corrected chi connectivity index (χ4v) is 4.17. The Balaban J connectivity index is 2.47. The fourth-order valence-electron chi connectivity index (χ4n) is 2.89. The van der Waals surface area contributed by atoms with Gasteiger partial charge in [0.1, 0.15) is 6.10 Å². The van der Waals surface area contributed by atoms with Crippen molar-refractivity contribution in [3.05, 3.63) is 40.2 Å². The molecule has 19 heavy (non-hydrogen) atoms. The Hall–Kier alpha value is -1.04. The summed E-state index contributed by atoms with van der Waals surface area (Å²) in [6, 6.07) is 8.05. The van der Waals surface area contributed by atoms with E-state index in [-0.39, 0.29) is 17.1 Å². The molecule has 1 atom stereocenters. The van der Waals surface area contributed by atoms with E-state index in [4.69, 9.17) is 4.74 Å². The third-order valence-electron chi connectivity index (χ3n) is 4.11. The standard InChI is InChI=1S/C15H16INO2/c1-15(2)11(8-16)19-13-12(15)9-6-4-5-7-10(9)17(3)14(13)18/h4-7,11H,8H2,1-3H3. The monoisotopic (exact) mass is 369 g/mol. The van der Waals surface area contributed by atoms with Gasteiger partial charge in [-0.25, -0.2) is 0 Å². The van der Waals surface area contributed by atoms with Crippen molar-refractivity contribution in [1.29, 1.82) is 0 Å². The number of rotatable bonds is 1. The van der Waals surface area contributed by atoms with E-state index < -0.39 is 0 Å². The first-order valence-corrected chi connectivity index (χ1v) is 7.86. The summed E-state index contributed by atoms with van der Waals surface area (Å²) < 4.78 is 8.50. The van der Waals surface area contributed by atoms with Gasteiger partial charge >= 0.3 is 0 Å². The number of para-hydroxylation sites is 1. The molecular weight excluding hydrogens is 353 g/mol. The van der Waals surface area contributed by atoms with Crippen LogP contribution in [0.1, 0.15) is 19.4 Å². The van der Waals surface area contributed by atoms with Gasteiger partial charge in [0, 0.05) is 27.8 Å². The van der Waals surface area contributed by atoms with Gasteiger partial charge in [0.05, 0.1) is 5.52 Å². The Labute approximate surface area is 125 Å². The number of ether oxygens (including phenoxy) is 1. The van der Waals surface area contributed by atoms with Gasteiger partial charge in [-0.05, 0) is 6.07 Å². The predicted molar refractivity (Wildman–Crippen MR) is 85.5 cm³/mol. The molecule has 2 aromatic rings. The summed E-state index contributed by atoms with van der Waals surface area (Å²) in [5.41, 5.74) is 1.86. The van der Waals surface area contributed by atoms with Crippen LogP contribution in [0.25, 0.3) is 10.9 Å². The summed E-state index contributed by atoms with van der Waals surface area (Å²) >= 11 is 2.32. The summed E-state index contributed by atoms with van der Waals surface area (Å²) in [6.07, 6.45) is 0.0570. The minimum Gasteiger partial charge on any atom is -0.483 e. The third-order valence-corrected chi connectivity index (χ3v) is 4.91. The summed E-state index contributed by atoms with van der Waals surface area (Å²) in [4.78, 5) is 12.5. The number of pyridine rings is 1. The molecule has 0 fully saturated rings. The zero-order chi connectivity index (χ0) is 13.8. The highest BCUT2D eigenvalue weighted by molar-refractivity contribution is 14.1. The van der Waals surface area contributed by atoms with E-state index in [1.165, 1.54) is 0 Å². The van der Waals surface area contributed by atoms with Crippen LogP contribution in [0.4, 0.5) is 0 Å². The van der Waals surface area contributed by atoms with E-state index in [1.54, 1.807) is 11.6 Å². The number of nitrogens with zero attached hydrogens (tertiary/aromatic N) is 1. The molecule has 0 spiro atoms. The first-order valence-electron chi connectivity index (χ1n) is 6.33. The molecule has 0 saturated carbocycles. The van der Waals surface area contributed by atoms with Gasteiger partial charge in [0.2, 0.25) is 0 Å². The van der Waals surface area contributed by atoms with Crippen LogP contribution in [-0.2, 0) is 12.5 Å². The number of aromatic nitrogens is 1. The molecule has 1 aliphatic heterocycles. The van der Waals surface area contributed by atoms with Crippen molar-refractivity contribution >= 4 is 33.5 Å². The molecule has 1 aromatic carbocycles. The lowest BCUT2D eigenvalue weighted by Gasteiger charge is -2.24. The smallest absolute Gasteiger partial charge is 0.293 e. The van der Waals surface area contributed by atoms with Gasteiger partial charge in [0.25, 0.3) is 5.56 Å². The van der Waals surface area contributed by atoms with Crippen LogP contribution in [0.5, 0.6) is 5.75 Å². The van der Waals surface area contributed by atoms with Gasteiger partial charge in [-0.1, -0.05) is 54.6 Å². The molecule has 1 aromatic heterocycles. The van der Waals surface area contributed by atoms with Crippen molar-refractivity contribution in [2.75, 3.05) is 4.43 Å². The molecule has 3 rings (SSSR count). The highest BCUT2D eigenvalue weighted by Crippen LogP contribution is 2.44. The van der Waals surface area contributed by atoms with Crippen LogP contribution in [-0.4, -0.2) is 15.1 Å². The normalized spacial score (nSPS) is 20.3. The van der Waals surface area contributed by atoms with E-state index in [0.717, 1.165) is 20.9 Å². The Kier molecular flexibility index (Phi) is 2.89. The molecule has 100 valence electrons. The van der Waals surface area contributed by atoms with Gasteiger partial charge in [0.15, 0.2) is 5.75 Å². The first kappa shape index (κ1) is 13.0. The second-order valence-electron chi connectivity index (χ2n) is 5.57. The average Bonchev–Trinajstić information content (AvgIpc) is 2.67. The molecule has 3 nitrogen and oxygen atoms in total. The largest absolute Gasteiger partial charge is 0.483 e. The van der Waals surface area contributed by atoms with Gasteiger partial charge < -0.3 is 9.30 Å². The van der Waals surface area contributed by atoms with Gasteiger partial charge in [-0.15, -0.1) is 0 Å². The van der Waals surface area contributed by atoms with Gasteiger partial charge in [-0.3, -0.25) is 4.79 Å². The molecular formula is C15H16INO2. The molecule has 1 unspecified atom stereocenters. The van der Waals surface area contributed by atoms with E-state index in [1.807, 2.05) is 18.2 Å². The maximum Gasteiger partial charge on any atom is 0.293 e. The van der Waals surface area contributed by atoms with Crippen LogP contribution in [0, 0.1) is 0 Å². The quantitative estimate of drug-likeness (QED) is 0.572. The second-order valence-corrected chi connectivity index (χ2v) is 6.45. The maximum atomic E-state index is 12.5. The van der Waals surface area contributed by atoms with Crippen LogP contribution in [0.15, 0.2) is 29.1 Å². The van der Waals surface area contributed by atoms with Crippen LogP contribution >= 0.6 is 22.6 Å². The van der Waals surface area contributed by atoms with Crippen molar-refractivity contribution in [3.8, 4) is 5.75 Å².